The van der Waals surface area contributed by atoms with E-state index in [1.165, 1.54) is 12.1 Å². The van der Waals surface area contributed by atoms with E-state index in [4.69, 9.17) is 4.74 Å². The van der Waals surface area contributed by atoms with Gasteiger partial charge in [0.15, 0.2) is 5.82 Å². The average molecular weight is 451 g/mol. The first kappa shape index (κ1) is 18.7. The monoisotopic (exact) mass is 451 g/mol. The van der Waals surface area contributed by atoms with Crippen LogP contribution in [0, 0.1) is 15.9 Å². The molecule has 1 aliphatic heterocycles. The molecular weight excluding hydrogens is 432 g/mol. The third-order valence-corrected chi connectivity index (χ3v) is 5.00. The van der Waals surface area contributed by atoms with Crippen LogP contribution in [0.1, 0.15) is 27.2 Å². The van der Waals surface area contributed by atoms with Crippen LogP contribution in [0.15, 0.2) is 18.2 Å². The Bertz CT molecular complexity index is 650. The lowest BCUT2D eigenvalue weighted by Crippen LogP contribution is -2.44. The molecule has 7 nitrogen and oxygen atoms in total. The number of alkyl halides is 1. The zero-order valence-corrected chi connectivity index (χ0v) is 15.7. The number of nitro benzene ring substituents is 1. The van der Waals surface area contributed by atoms with Gasteiger partial charge in [-0.2, -0.15) is 0 Å². The molecule has 0 radical (unpaired) electrons. The molecular formula is C15H19FIN3O4. The number of ether oxygens (including phenoxy) is 1. The fraction of sp³-hybridized carbons (Fsp3) is 0.533. The molecule has 1 aromatic carbocycles. The number of hydrogen-bond donors (Lipinski definition) is 1. The van der Waals surface area contributed by atoms with Crippen LogP contribution in [0.4, 0.5) is 20.6 Å². The molecule has 1 aliphatic rings. The predicted octanol–water partition coefficient (Wildman–Crippen LogP) is 3.60. The average Bonchev–Trinajstić information content (AvgIpc) is 2.78. The number of benzene rings is 1. The Hall–Kier alpha value is -1.65. The second-order valence-corrected chi connectivity index (χ2v) is 7.78. The Labute approximate surface area is 152 Å². The number of anilines is 1. The van der Waals surface area contributed by atoms with Gasteiger partial charge in [-0.1, -0.05) is 22.6 Å². The minimum atomic E-state index is -0.649. The number of alkyl carbamates (subject to hydrolysis) is 1. The van der Waals surface area contributed by atoms with Crippen molar-refractivity contribution in [3.05, 3.63) is 34.1 Å². The van der Waals surface area contributed by atoms with Gasteiger partial charge in [-0.15, -0.1) is 0 Å². The van der Waals surface area contributed by atoms with Gasteiger partial charge < -0.3 is 15.0 Å². The van der Waals surface area contributed by atoms with Crippen molar-refractivity contribution in [3.63, 3.8) is 0 Å². The summed E-state index contributed by atoms with van der Waals surface area (Å²) in [6.07, 6.45) is 0.115. The van der Waals surface area contributed by atoms with Gasteiger partial charge in [-0.3, -0.25) is 10.1 Å². The van der Waals surface area contributed by atoms with Crippen LogP contribution in [0.2, 0.25) is 0 Å². The largest absolute Gasteiger partial charge is 0.444 e. The van der Waals surface area contributed by atoms with Gasteiger partial charge in [-0.25, -0.2) is 9.18 Å². The molecule has 0 aliphatic carbocycles. The molecule has 1 N–H and O–H groups in total. The topological polar surface area (TPSA) is 84.7 Å². The molecule has 2 atom stereocenters. The molecule has 1 saturated heterocycles. The smallest absolute Gasteiger partial charge is 0.407 e. The number of non-ortho nitro benzene ring substituents is 1. The molecule has 2 unspecified atom stereocenters. The summed E-state index contributed by atoms with van der Waals surface area (Å²) >= 11 is 2.12. The summed E-state index contributed by atoms with van der Waals surface area (Å²) < 4.78 is 19.2. The lowest BCUT2D eigenvalue weighted by Gasteiger charge is -2.27. The number of carbonyl (C=O) groups is 1. The zero-order chi connectivity index (χ0) is 18.1. The minimum Gasteiger partial charge on any atom is -0.444 e. The standard InChI is InChI=1S/C15H19FIN3O4/c1-15(2,3)24-14(21)18-11-6-7-19(13(11)17)12-5-4-9(20(22)23)8-10(12)16/h4-5,8,11,13H,6-7H2,1-3H3,(H,18,21). The third-order valence-electron chi connectivity index (χ3n) is 3.46. The van der Waals surface area contributed by atoms with Crippen LogP contribution in [0.5, 0.6) is 0 Å². The maximum atomic E-state index is 14.2. The van der Waals surface area contributed by atoms with Gasteiger partial charge in [0.2, 0.25) is 0 Å². The molecule has 9 heteroatoms. The highest BCUT2D eigenvalue weighted by atomic mass is 127. The molecule has 132 valence electrons. The zero-order valence-electron chi connectivity index (χ0n) is 13.6. The van der Waals surface area contributed by atoms with E-state index in [1.54, 1.807) is 25.7 Å². The fourth-order valence-corrected chi connectivity index (χ4v) is 3.57. The first-order chi connectivity index (χ1) is 11.1. The van der Waals surface area contributed by atoms with Gasteiger partial charge in [0.25, 0.3) is 5.69 Å². The highest BCUT2D eigenvalue weighted by molar-refractivity contribution is 14.1. The van der Waals surface area contributed by atoms with E-state index < -0.39 is 22.4 Å². The van der Waals surface area contributed by atoms with E-state index in [1.807, 2.05) is 0 Å². The van der Waals surface area contributed by atoms with E-state index in [0.29, 0.717) is 13.0 Å². The maximum Gasteiger partial charge on any atom is 0.407 e. The second kappa shape index (κ2) is 7.08. The molecule has 0 aromatic heterocycles. The van der Waals surface area contributed by atoms with Crippen molar-refractivity contribution in [1.82, 2.24) is 5.32 Å². The Morgan fingerprint density at radius 2 is 2.17 bits per heavy atom. The quantitative estimate of drug-likeness (QED) is 0.250. The van der Waals surface area contributed by atoms with Crippen LogP contribution < -0.4 is 10.2 Å². The van der Waals surface area contributed by atoms with E-state index in [-0.39, 0.29) is 21.5 Å². The van der Waals surface area contributed by atoms with Gasteiger partial charge in [0.1, 0.15) is 9.65 Å². The molecule has 1 fully saturated rings. The number of rotatable bonds is 3. The fourth-order valence-electron chi connectivity index (χ4n) is 2.45. The third kappa shape index (κ3) is 4.46. The normalized spacial score (nSPS) is 20.8. The van der Waals surface area contributed by atoms with Crippen LogP contribution in [-0.2, 0) is 4.74 Å². The number of halogens is 2. The summed E-state index contributed by atoms with van der Waals surface area (Å²) in [4.78, 5) is 23.7. The second-order valence-electron chi connectivity index (χ2n) is 6.50. The van der Waals surface area contributed by atoms with Gasteiger partial charge in [0.05, 0.1) is 22.7 Å². The molecule has 0 bridgehead atoms. The lowest BCUT2D eigenvalue weighted by molar-refractivity contribution is -0.385. The summed E-state index contributed by atoms with van der Waals surface area (Å²) in [5.41, 5.74) is -0.592. The molecule has 1 heterocycles. The predicted molar refractivity (Wildman–Crippen MR) is 96.0 cm³/mol. The van der Waals surface area contributed by atoms with Gasteiger partial charge in [0, 0.05) is 12.6 Å². The van der Waals surface area contributed by atoms with Crippen molar-refractivity contribution >= 4 is 40.1 Å². The summed E-state index contributed by atoms with van der Waals surface area (Å²) in [6, 6.07) is 3.38. The molecule has 2 rings (SSSR count). The highest BCUT2D eigenvalue weighted by Crippen LogP contribution is 2.33. The van der Waals surface area contributed by atoms with Crippen LogP contribution >= 0.6 is 22.6 Å². The van der Waals surface area contributed by atoms with Crippen molar-refractivity contribution in [2.45, 2.75) is 42.9 Å². The number of nitrogens with one attached hydrogen (secondary N) is 1. The first-order valence-electron chi connectivity index (χ1n) is 7.42. The van der Waals surface area contributed by atoms with Crippen molar-refractivity contribution in [2.24, 2.45) is 0 Å². The summed E-state index contributed by atoms with van der Waals surface area (Å²) in [5, 5.41) is 13.5. The summed E-state index contributed by atoms with van der Waals surface area (Å²) in [6.45, 7) is 5.87. The Morgan fingerprint density at radius 3 is 2.71 bits per heavy atom. The molecule has 0 spiro atoms. The van der Waals surface area contributed by atoms with Crippen molar-refractivity contribution in [1.29, 1.82) is 0 Å². The molecule has 1 aromatic rings. The SMILES string of the molecule is CC(C)(C)OC(=O)NC1CCN(c2ccc([N+](=O)[O-])cc2F)C1I. The number of amides is 1. The van der Waals surface area contributed by atoms with Crippen LogP contribution in [-0.4, -0.2) is 33.3 Å². The molecule has 0 saturated carbocycles. The Morgan fingerprint density at radius 1 is 1.50 bits per heavy atom. The maximum absolute atomic E-state index is 14.2. The van der Waals surface area contributed by atoms with E-state index in [9.17, 15) is 19.3 Å². The van der Waals surface area contributed by atoms with Crippen LogP contribution in [0.25, 0.3) is 0 Å². The number of hydrogen-bond acceptors (Lipinski definition) is 5. The van der Waals surface area contributed by atoms with Gasteiger partial charge >= 0.3 is 6.09 Å². The number of nitrogens with zero attached hydrogens (tertiary/aromatic N) is 2. The molecule has 1 amide bonds. The summed E-state index contributed by atoms with van der Waals surface area (Å²) in [5.74, 6) is -0.649. The summed E-state index contributed by atoms with van der Waals surface area (Å²) in [7, 11) is 0. The first-order valence-corrected chi connectivity index (χ1v) is 8.67. The van der Waals surface area contributed by atoms with Crippen LogP contribution in [0.3, 0.4) is 0 Å². The Kier molecular flexibility index (Phi) is 5.51. The van der Waals surface area contributed by atoms with Crippen molar-refractivity contribution < 1.29 is 18.8 Å². The number of carbonyl (C=O) groups excluding carboxylic acids is 1. The number of nitro groups is 1. The Balaban J connectivity index is 2.07. The van der Waals surface area contributed by atoms with Gasteiger partial charge in [-0.05, 0) is 33.3 Å². The molecule has 24 heavy (non-hydrogen) atoms. The minimum absolute atomic E-state index is 0.189. The van der Waals surface area contributed by atoms with E-state index >= 15 is 0 Å². The lowest BCUT2D eigenvalue weighted by atomic mass is 10.2. The van der Waals surface area contributed by atoms with Crippen molar-refractivity contribution in [2.75, 3.05) is 11.4 Å². The highest BCUT2D eigenvalue weighted by Gasteiger charge is 2.35. The van der Waals surface area contributed by atoms with Crippen molar-refractivity contribution in [3.8, 4) is 0 Å². The van der Waals surface area contributed by atoms with E-state index in [2.05, 4.69) is 27.9 Å². The van der Waals surface area contributed by atoms with E-state index in [0.717, 1.165) is 6.07 Å².